The molecule has 186 valence electrons. The first kappa shape index (κ1) is 26.7. The Morgan fingerprint density at radius 1 is 0.943 bits per heavy atom. The Hall–Kier alpha value is -2.89. The van der Waals surface area contributed by atoms with Gasteiger partial charge >= 0.3 is 0 Å². The molecule has 1 heterocycles. The topological polar surface area (TPSA) is 52.7 Å². The molecule has 0 unspecified atom stereocenters. The Bertz CT molecular complexity index is 1130. The molecule has 0 spiro atoms. The van der Waals surface area contributed by atoms with Crippen molar-refractivity contribution in [1.82, 2.24) is 15.1 Å². The molecule has 3 aromatic rings. The molecule has 0 aliphatic carbocycles. The smallest absolute Gasteiger partial charge is 0.223 e. The molecular weight excluding hydrogens is 458 g/mol. The number of rotatable bonds is 8. The van der Waals surface area contributed by atoms with E-state index in [0.717, 1.165) is 6.54 Å². The summed E-state index contributed by atoms with van der Waals surface area (Å²) >= 11 is 0. The summed E-state index contributed by atoms with van der Waals surface area (Å²) in [5, 5.41) is 6.29. The van der Waals surface area contributed by atoms with Gasteiger partial charge in [-0.1, -0.05) is 72.8 Å². The van der Waals surface area contributed by atoms with Crippen LogP contribution in [0.2, 0.25) is 0 Å². The minimum absolute atomic E-state index is 0. The second-order valence-corrected chi connectivity index (χ2v) is 9.56. The van der Waals surface area contributed by atoms with E-state index >= 15 is 0 Å². The molecule has 35 heavy (non-hydrogen) atoms. The molecule has 2 amide bonds. The molecule has 0 saturated carbocycles. The van der Waals surface area contributed by atoms with Crippen LogP contribution in [0.15, 0.2) is 72.8 Å². The predicted octanol–water partition coefficient (Wildman–Crippen LogP) is 5.02. The zero-order valence-electron chi connectivity index (χ0n) is 20.8. The highest BCUT2D eigenvalue weighted by Gasteiger charge is 2.36. The molecule has 1 aliphatic heterocycles. The number of benzene rings is 3. The van der Waals surface area contributed by atoms with Crippen LogP contribution in [-0.2, 0) is 9.59 Å². The normalized spacial score (nSPS) is 18.2. The van der Waals surface area contributed by atoms with E-state index in [1.165, 1.54) is 21.9 Å². The number of carbonyl (C=O) groups is 2. The van der Waals surface area contributed by atoms with Crippen LogP contribution in [0, 0.1) is 5.92 Å². The third kappa shape index (κ3) is 6.41. The lowest BCUT2D eigenvalue weighted by Gasteiger charge is -2.23. The van der Waals surface area contributed by atoms with E-state index in [1.54, 1.807) is 19.0 Å². The summed E-state index contributed by atoms with van der Waals surface area (Å²) in [6.45, 7) is 4.45. The summed E-state index contributed by atoms with van der Waals surface area (Å²) in [7, 11) is 3.46. The van der Waals surface area contributed by atoms with Gasteiger partial charge in [0.15, 0.2) is 0 Å². The monoisotopic (exact) mass is 493 g/mol. The van der Waals surface area contributed by atoms with Gasteiger partial charge in [-0.25, -0.2) is 0 Å². The van der Waals surface area contributed by atoms with Gasteiger partial charge in [-0.3, -0.25) is 9.59 Å². The lowest BCUT2D eigenvalue weighted by atomic mass is 9.88. The van der Waals surface area contributed by atoms with Gasteiger partial charge in [-0.2, -0.15) is 0 Å². The van der Waals surface area contributed by atoms with Gasteiger partial charge in [-0.05, 0) is 34.7 Å². The van der Waals surface area contributed by atoms with Crippen LogP contribution in [0.1, 0.15) is 42.9 Å². The third-order valence-electron chi connectivity index (χ3n) is 7.05. The van der Waals surface area contributed by atoms with Crippen molar-refractivity contribution in [2.24, 2.45) is 5.92 Å². The fraction of sp³-hybridized carbons (Fsp3) is 0.379. The largest absolute Gasteiger partial charge is 0.349 e. The van der Waals surface area contributed by atoms with Crippen molar-refractivity contribution in [3.63, 3.8) is 0 Å². The minimum atomic E-state index is -0.00529. The first-order valence-electron chi connectivity index (χ1n) is 12.2. The van der Waals surface area contributed by atoms with E-state index in [2.05, 4.69) is 79.0 Å². The van der Waals surface area contributed by atoms with E-state index in [1.807, 2.05) is 11.0 Å². The average molecular weight is 494 g/mol. The molecule has 5 nitrogen and oxygen atoms in total. The Morgan fingerprint density at radius 2 is 1.63 bits per heavy atom. The van der Waals surface area contributed by atoms with Gasteiger partial charge in [-0.15, -0.1) is 12.4 Å². The van der Waals surface area contributed by atoms with Crippen molar-refractivity contribution in [3.8, 4) is 0 Å². The standard InChI is InChI=1S/C29H35N3O2.ClH/c1-21(25-15-9-13-22-12-7-8-14-26(22)25)30-18-24-19-32(29(34)17-16-28(33)31(2)3)20-27(24)23-10-5-4-6-11-23;/h4-15,21,24,27,30H,16-20H2,1-3H3;1H/t21-,24+,27-;/m1./s1. The van der Waals surface area contributed by atoms with Crippen LogP contribution in [0.4, 0.5) is 0 Å². The first-order chi connectivity index (χ1) is 16.4. The van der Waals surface area contributed by atoms with E-state index in [9.17, 15) is 9.59 Å². The van der Waals surface area contributed by atoms with Gasteiger partial charge in [0.25, 0.3) is 0 Å². The zero-order chi connectivity index (χ0) is 24.1. The molecule has 3 atom stereocenters. The third-order valence-corrected chi connectivity index (χ3v) is 7.05. The number of hydrogen-bond donors (Lipinski definition) is 1. The highest BCUT2D eigenvalue weighted by Crippen LogP contribution is 2.33. The molecule has 0 aromatic heterocycles. The van der Waals surface area contributed by atoms with E-state index in [0.29, 0.717) is 19.0 Å². The number of halogens is 1. The second kappa shape index (κ2) is 12.2. The number of likely N-dealkylation sites (tertiary alicyclic amines) is 1. The molecule has 3 aromatic carbocycles. The lowest BCUT2D eigenvalue weighted by Crippen LogP contribution is -2.32. The number of nitrogens with one attached hydrogen (secondary N) is 1. The number of nitrogens with zero attached hydrogens (tertiary/aromatic N) is 2. The van der Waals surface area contributed by atoms with Crippen molar-refractivity contribution in [2.75, 3.05) is 33.7 Å². The number of amides is 2. The number of hydrogen-bond acceptors (Lipinski definition) is 3. The molecular formula is C29H36ClN3O2. The van der Waals surface area contributed by atoms with E-state index < -0.39 is 0 Å². The van der Waals surface area contributed by atoms with Crippen LogP contribution in [0.5, 0.6) is 0 Å². The molecule has 1 N–H and O–H groups in total. The Balaban J connectivity index is 0.00000342. The molecule has 4 rings (SSSR count). The molecule has 0 bridgehead atoms. The van der Waals surface area contributed by atoms with Crippen LogP contribution in [0.25, 0.3) is 10.8 Å². The summed E-state index contributed by atoms with van der Waals surface area (Å²) in [5.41, 5.74) is 2.56. The highest BCUT2D eigenvalue weighted by atomic mass is 35.5. The van der Waals surface area contributed by atoms with Crippen molar-refractivity contribution in [2.45, 2.75) is 31.7 Å². The fourth-order valence-corrected chi connectivity index (χ4v) is 5.02. The van der Waals surface area contributed by atoms with E-state index in [4.69, 9.17) is 0 Å². The zero-order valence-corrected chi connectivity index (χ0v) is 21.6. The SMILES string of the molecule is C[C@@H](NC[C@H]1CN(C(=O)CCC(=O)N(C)C)C[C@@H]1c1ccccc1)c1cccc2ccccc12.Cl. The number of carbonyl (C=O) groups excluding carboxylic acids is 2. The summed E-state index contributed by atoms with van der Waals surface area (Å²) < 4.78 is 0. The van der Waals surface area contributed by atoms with Gasteiger partial charge in [0.05, 0.1) is 0 Å². The number of fused-ring (bicyclic) bond motifs is 1. The molecule has 0 radical (unpaired) electrons. The van der Waals surface area contributed by atoms with E-state index in [-0.39, 0.29) is 49.0 Å². The molecule has 1 saturated heterocycles. The Kier molecular flexibility index (Phi) is 9.30. The van der Waals surface area contributed by atoms with Crippen LogP contribution < -0.4 is 5.32 Å². The van der Waals surface area contributed by atoms with Crippen LogP contribution >= 0.6 is 12.4 Å². The van der Waals surface area contributed by atoms with Gasteiger partial charge in [0, 0.05) is 58.5 Å². The average Bonchev–Trinajstić information content (AvgIpc) is 3.30. The molecule has 6 heteroatoms. The predicted molar refractivity (Wildman–Crippen MR) is 145 cm³/mol. The lowest BCUT2D eigenvalue weighted by molar-refractivity contribution is -0.135. The van der Waals surface area contributed by atoms with Gasteiger partial charge in [0.2, 0.25) is 11.8 Å². The minimum Gasteiger partial charge on any atom is -0.349 e. The Labute approximate surface area is 214 Å². The first-order valence-corrected chi connectivity index (χ1v) is 12.2. The Morgan fingerprint density at radius 3 is 2.37 bits per heavy atom. The quantitative estimate of drug-likeness (QED) is 0.479. The van der Waals surface area contributed by atoms with Gasteiger partial charge < -0.3 is 15.1 Å². The van der Waals surface area contributed by atoms with Crippen molar-refractivity contribution < 1.29 is 9.59 Å². The molecule has 1 aliphatic rings. The molecule has 1 fully saturated rings. The summed E-state index contributed by atoms with van der Waals surface area (Å²) in [4.78, 5) is 28.4. The maximum atomic E-state index is 12.9. The van der Waals surface area contributed by atoms with Crippen LogP contribution in [0.3, 0.4) is 0 Å². The van der Waals surface area contributed by atoms with Crippen LogP contribution in [-0.4, -0.2) is 55.3 Å². The van der Waals surface area contributed by atoms with Gasteiger partial charge in [0.1, 0.15) is 0 Å². The van der Waals surface area contributed by atoms with Crippen molar-refractivity contribution >= 4 is 35.0 Å². The highest BCUT2D eigenvalue weighted by molar-refractivity contribution is 5.86. The maximum Gasteiger partial charge on any atom is 0.223 e. The fourth-order valence-electron chi connectivity index (χ4n) is 5.02. The summed E-state index contributed by atoms with van der Waals surface area (Å²) in [6, 6.07) is 25.7. The van der Waals surface area contributed by atoms with Crippen molar-refractivity contribution in [3.05, 3.63) is 83.9 Å². The maximum absolute atomic E-state index is 12.9. The second-order valence-electron chi connectivity index (χ2n) is 9.56. The summed E-state index contributed by atoms with van der Waals surface area (Å²) in [5.74, 6) is 0.658. The van der Waals surface area contributed by atoms with Crippen molar-refractivity contribution in [1.29, 1.82) is 0 Å². The summed E-state index contributed by atoms with van der Waals surface area (Å²) in [6.07, 6.45) is 0.532.